The second kappa shape index (κ2) is 4.73. The topological polar surface area (TPSA) is 37.3 Å². The van der Waals surface area contributed by atoms with E-state index in [9.17, 15) is 9.90 Å². The molecule has 0 fully saturated rings. The van der Waals surface area contributed by atoms with Crippen molar-refractivity contribution in [2.75, 3.05) is 0 Å². The van der Waals surface area contributed by atoms with E-state index in [1.165, 1.54) is 0 Å². The molecule has 1 aliphatic rings. The van der Waals surface area contributed by atoms with Gasteiger partial charge in [-0.15, -0.1) is 0 Å². The van der Waals surface area contributed by atoms with Crippen molar-refractivity contribution in [3.63, 3.8) is 0 Å². The molecule has 2 aromatic rings. The van der Waals surface area contributed by atoms with Gasteiger partial charge in [-0.25, -0.2) is 0 Å². The summed E-state index contributed by atoms with van der Waals surface area (Å²) in [6.45, 7) is 5.88. The van der Waals surface area contributed by atoms with Crippen molar-refractivity contribution in [2.45, 2.75) is 33.6 Å². The maximum absolute atomic E-state index is 12.9. The zero-order chi connectivity index (χ0) is 15.2. The molecule has 1 atom stereocenters. The Bertz CT molecular complexity index is 716. The molecule has 2 aromatic carbocycles. The molecule has 1 aliphatic carbocycles. The monoisotopic (exact) mass is 280 g/mol. The standard InChI is InChI=1S/C19H20O2/c1-12-9-13(2)17(20)16-15(12)11-19(3,18(16)21)10-14-7-5-4-6-8-14/h4-9,20H,10-11H2,1-3H3/t19-/m1/s1. The minimum absolute atomic E-state index is 0.0747. The van der Waals surface area contributed by atoms with Crippen molar-refractivity contribution in [1.29, 1.82) is 0 Å². The van der Waals surface area contributed by atoms with Crippen LogP contribution < -0.4 is 0 Å². The van der Waals surface area contributed by atoms with Gasteiger partial charge in [0.25, 0.3) is 0 Å². The number of hydrogen-bond donors (Lipinski definition) is 1. The summed E-state index contributed by atoms with van der Waals surface area (Å²) in [4.78, 5) is 12.9. The Kier molecular flexibility index (Phi) is 3.12. The lowest BCUT2D eigenvalue weighted by Crippen LogP contribution is -2.26. The minimum Gasteiger partial charge on any atom is -0.507 e. The number of carbonyl (C=O) groups is 1. The molecular formula is C19H20O2. The lowest BCUT2D eigenvalue weighted by Gasteiger charge is -2.22. The smallest absolute Gasteiger partial charge is 0.173 e. The fourth-order valence-corrected chi connectivity index (χ4v) is 3.45. The van der Waals surface area contributed by atoms with Crippen LogP contribution >= 0.6 is 0 Å². The Morgan fingerprint density at radius 2 is 1.81 bits per heavy atom. The highest BCUT2D eigenvalue weighted by Gasteiger charge is 2.44. The summed E-state index contributed by atoms with van der Waals surface area (Å²) < 4.78 is 0. The predicted octanol–water partition coefficient (Wildman–Crippen LogP) is 4.00. The first kappa shape index (κ1) is 13.9. The van der Waals surface area contributed by atoms with Crippen molar-refractivity contribution in [2.24, 2.45) is 5.41 Å². The fraction of sp³-hybridized carbons (Fsp3) is 0.316. The summed E-state index contributed by atoms with van der Waals surface area (Å²) in [7, 11) is 0. The van der Waals surface area contributed by atoms with Gasteiger partial charge in [0.1, 0.15) is 5.75 Å². The fourth-order valence-electron chi connectivity index (χ4n) is 3.45. The van der Waals surface area contributed by atoms with E-state index in [4.69, 9.17) is 0 Å². The number of carbonyl (C=O) groups excluding carboxylic acids is 1. The highest BCUT2D eigenvalue weighted by molar-refractivity contribution is 6.07. The van der Waals surface area contributed by atoms with E-state index in [0.29, 0.717) is 18.4 Å². The number of ketones is 1. The second-order valence-corrected chi connectivity index (χ2v) is 6.44. The van der Waals surface area contributed by atoms with E-state index < -0.39 is 5.41 Å². The van der Waals surface area contributed by atoms with Crippen LogP contribution in [-0.2, 0) is 12.8 Å². The zero-order valence-electron chi connectivity index (χ0n) is 12.7. The van der Waals surface area contributed by atoms with Crippen molar-refractivity contribution < 1.29 is 9.90 Å². The first-order valence-corrected chi connectivity index (χ1v) is 7.33. The lowest BCUT2D eigenvalue weighted by molar-refractivity contribution is 0.0839. The average Bonchev–Trinajstić information content (AvgIpc) is 2.71. The predicted molar refractivity (Wildman–Crippen MR) is 83.9 cm³/mol. The van der Waals surface area contributed by atoms with Crippen molar-refractivity contribution in [1.82, 2.24) is 0 Å². The van der Waals surface area contributed by atoms with Crippen LogP contribution in [-0.4, -0.2) is 10.9 Å². The highest BCUT2D eigenvalue weighted by Crippen LogP contribution is 2.45. The zero-order valence-corrected chi connectivity index (χ0v) is 12.7. The second-order valence-electron chi connectivity index (χ2n) is 6.44. The van der Waals surface area contributed by atoms with Gasteiger partial charge in [0.15, 0.2) is 5.78 Å². The van der Waals surface area contributed by atoms with Crippen molar-refractivity contribution in [3.8, 4) is 5.75 Å². The van der Waals surface area contributed by atoms with E-state index in [1.807, 2.05) is 45.0 Å². The van der Waals surface area contributed by atoms with Gasteiger partial charge in [0, 0.05) is 5.41 Å². The molecule has 2 heteroatoms. The molecule has 0 radical (unpaired) electrons. The largest absolute Gasteiger partial charge is 0.507 e. The van der Waals surface area contributed by atoms with E-state index in [2.05, 4.69) is 12.1 Å². The van der Waals surface area contributed by atoms with E-state index in [0.717, 1.165) is 22.3 Å². The van der Waals surface area contributed by atoms with Crippen LogP contribution in [0.1, 0.15) is 39.5 Å². The Morgan fingerprint density at radius 1 is 1.14 bits per heavy atom. The Balaban J connectivity index is 2.04. The summed E-state index contributed by atoms with van der Waals surface area (Å²) in [5.41, 5.74) is 4.15. The number of rotatable bonds is 2. The van der Waals surface area contributed by atoms with Crippen LogP contribution in [0, 0.1) is 19.3 Å². The van der Waals surface area contributed by atoms with Crippen LogP contribution in [0.4, 0.5) is 0 Å². The normalized spacial score (nSPS) is 20.6. The quantitative estimate of drug-likeness (QED) is 0.903. The first-order chi connectivity index (χ1) is 9.92. The SMILES string of the molecule is Cc1cc(C)c2c(c1O)C(=O)[C@](C)(Cc1ccccc1)C2. The van der Waals surface area contributed by atoms with Crippen molar-refractivity contribution in [3.05, 3.63) is 64.2 Å². The van der Waals surface area contributed by atoms with Crippen LogP contribution in [0.2, 0.25) is 0 Å². The number of benzene rings is 2. The number of fused-ring (bicyclic) bond motifs is 1. The molecular weight excluding hydrogens is 260 g/mol. The third-order valence-electron chi connectivity index (χ3n) is 4.60. The lowest BCUT2D eigenvalue weighted by atomic mass is 9.80. The van der Waals surface area contributed by atoms with Gasteiger partial charge in [-0.1, -0.05) is 43.3 Å². The van der Waals surface area contributed by atoms with Crippen LogP contribution in [0.15, 0.2) is 36.4 Å². The highest BCUT2D eigenvalue weighted by atomic mass is 16.3. The maximum Gasteiger partial charge on any atom is 0.173 e. The van der Waals surface area contributed by atoms with Gasteiger partial charge in [-0.3, -0.25) is 4.79 Å². The first-order valence-electron chi connectivity index (χ1n) is 7.33. The van der Waals surface area contributed by atoms with Gasteiger partial charge >= 0.3 is 0 Å². The molecule has 0 spiro atoms. The number of phenolic OH excluding ortho intramolecular Hbond substituents is 1. The molecule has 0 saturated carbocycles. The average molecular weight is 280 g/mol. The van der Waals surface area contributed by atoms with Gasteiger partial charge in [-0.2, -0.15) is 0 Å². The summed E-state index contributed by atoms with van der Waals surface area (Å²) in [5.74, 6) is 0.239. The summed E-state index contributed by atoms with van der Waals surface area (Å²) in [6.07, 6.45) is 1.41. The molecule has 0 unspecified atom stereocenters. The third kappa shape index (κ3) is 2.15. The van der Waals surface area contributed by atoms with E-state index in [1.54, 1.807) is 0 Å². The molecule has 0 heterocycles. The summed E-state index contributed by atoms with van der Waals surface area (Å²) in [6, 6.07) is 12.1. The summed E-state index contributed by atoms with van der Waals surface area (Å²) >= 11 is 0. The molecule has 0 aliphatic heterocycles. The van der Waals surface area contributed by atoms with E-state index >= 15 is 0 Å². The molecule has 21 heavy (non-hydrogen) atoms. The molecule has 1 N–H and O–H groups in total. The number of aryl methyl sites for hydroxylation is 2. The van der Waals surface area contributed by atoms with Crippen LogP contribution in [0.25, 0.3) is 0 Å². The van der Waals surface area contributed by atoms with Gasteiger partial charge in [0.2, 0.25) is 0 Å². The molecule has 2 nitrogen and oxygen atoms in total. The molecule has 0 aromatic heterocycles. The Morgan fingerprint density at radius 3 is 2.48 bits per heavy atom. The van der Waals surface area contributed by atoms with Gasteiger partial charge in [-0.05, 0) is 48.9 Å². The molecule has 108 valence electrons. The third-order valence-corrected chi connectivity index (χ3v) is 4.60. The molecule has 0 saturated heterocycles. The Hall–Kier alpha value is -2.09. The molecule has 0 amide bonds. The number of Topliss-reactive ketones (excluding diaryl/α,β-unsaturated/α-hetero) is 1. The maximum atomic E-state index is 12.9. The van der Waals surface area contributed by atoms with Crippen molar-refractivity contribution >= 4 is 5.78 Å². The van der Waals surface area contributed by atoms with Gasteiger partial charge < -0.3 is 5.11 Å². The van der Waals surface area contributed by atoms with Crippen LogP contribution in [0.3, 0.4) is 0 Å². The number of hydrogen-bond acceptors (Lipinski definition) is 2. The van der Waals surface area contributed by atoms with Gasteiger partial charge in [0.05, 0.1) is 5.56 Å². The van der Waals surface area contributed by atoms with E-state index in [-0.39, 0.29) is 11.5 Å². The number of phenols is 1. The van der Waals surface area contributed by atoms with Crippen LogP contribution in [0.5, 0.6) is 5.75 Å². The number of aromatic hydroxyl groups is 1. The summed E-state index contributed by atoms with van der Waals surface area (Å²) in [5, 5.41) is 10.3. The molecule has 3 rings (SSSR count). The Labute approximate surface area is 125 Å². The molecule has 0 bridgehead atoms. The minimum atomic E-state index is -0.459.